The van der Waals surface area contributed by atoms with Gasteiger partial charge in [0.1, 0.15) is 0 Å². The van der Waals surface area contributed by atoms with Gasteiger partial charge in [-0.3, -0.25) is 0 Å². The van der Waals surface area contributed by atoms with E-state index in [0.717, 1.165) is 19.4 Å². The molecule has 0 aromatic rings. The molecule has 1 heterocycles. The van der Waals surface area contributed by atoms with E-state index in [9.17, 15) is 0 Å². The van der Waals surface area contributed by atoms with Gasteiger partial charge in [0, 0.05) is 0 Å². The van der Waals surface area contributed by atoms with Crippen LogP contribution in [0.4, 0.5) is 0 Å². The van der Waals surface area contributed by atoms with Gasteiger partial charge in [-0.05, 0) is 19.3 Å². The summed E-state index contributed by atoms with van der Waals surface area (Å²) in [6, 6.07) is 0. The van der Waals surface area contributed by atoms with Crippen molar-refractivity contribution in [2.45, 2.75) is 24.6 Å². The van der Waals surface area contributed by atoms with E-state index in [1.54, 1.807) is 0 Å². The van der Waals surface area contributed by atoms with Crippen molar-refractivity contribution in [2.75, 3.05) is 6.61 Å². The molecule has 0 saturated carbocycles. The van der Waals surface area contributed by atoms with E-state index in [2.05, 4.69) is 18.1 Å². The molecule has 8 heavy (non-hydrogen) atoms. The van der Waals surface area contributed by atoms with Crippen LogP contribution >= 0.6 is 12.6 Å². The second-order valence-electron chi connectivity index (χ2n) is 1.98. The Morgan fingerprint density at radius 3 is 3.25 bits per heavy atom. The molecule has 1 saturated heterocycles. The third-order valence-electron chi connectivity index (χ3n) is 1.19. The fourth-order valence-corrected chi connectivity index (χ4v) is 0.983. The van der Waals surface area contributed by atoms with E-state index >= 15 is 0 Å². The maximum absolute atomic E-state index is 4.98. The molecule has 0 aromatic heterocycles. The minimum Gasteiger partial charge on any atom is -0.301 e. The lowest BCUT2D eigenvalue weighted by molar-refractivity contribution is 0.0463. The van der Waals surface area contributed by atoms with E-state index < -0.39 is 0 Å². The van der Waals surface area contributed by atoms with Crippen molar-refractivity contribution in [3.63, 3.8) is 0 Å². The predicted molar refractivity (Wildman–Crippen MR) is 35.7 cm³/mol. The smallest absolute Gasteiger partial charge is 0.0745 e. The largest absolute Gasteiger partial charge is 0.301 e. The van der Waals surface area contributed by atoms with E-state index in [1.165, 1.54) is 6.42 Å². The van der Waals surface area contributed by atoms with Crippen molar-refractivity contribution in [1.82, 2.24) is 5.48 Å². The summed E-state index contributed by atoms with van der Waals surface area (Å²) in [4.78, 5) is 4.98. The van der Waals surface area contributed by atoms with Gasteiger partial charge in [-0.15, -0.1) is 0 Å². The SMILES string of the molecule is SC1CCCCON1. The van der Waals surface area contributed by atoms with Crippen LogP contribution in [0.2, 0.25) is 0 Å². The highest BCUT2D eigenvalue weighted by atomic mass is 32.1. The monoisotopic (exact) mass is 133 g/mol. The van der Waals surface area contributed by atoms with Gasteiger partial charge < -0.3 is 4.84 Å². The van der Waals surface area contributed by atoms with Crippen molar-refractivity contribution >= 4 is 12.6 Å². The van der Waals surface area contributed by atoms with E-state index in [0.29, 0.717) is 0 Å². The van der Waals surface area contributed by atoms with Crippen molar-refractivity contribution < 1.29 is 4.84 Å². The van der Waals surface area contributed by atoms with Crippen LogP contribution in [0.3, 0.4) is 0 Å². The summed E-state index contributed by atoms with van der Waals surface area (Å²) in [5.74, 6) is 0. The molecule has 2 nitrogen and oxygen atoms in total. The van der Waals surface area contributed by atoms with E-state index in [1.807, 2.05) is 0 Å². The molecule has 1 N–H and O–H groups in total. The topological polar surface area (TPSA) is 21.3 Å². The highest BCUT2D eigenvalue weighted by molar-refractivity contribution is 7.80. The molecule has 1 atom stereocenters. The van der Waals surface area contributed by atoms with Crippen LogP contribution < -0.4 is 5.48 Å². The quantitative estimate of drug-likeness (QED) is 0.480. The molecule has 1 rings (SSSR count). The number of hydrogen-bond donors (Lipinski definition) is 2. The van der Waals surface area contributed by atoms with Crippen LogP contribution in [0.1, 0.15) is 19.3 Å². The summed E-state index contributed by atoms with van der Waals surface area (Å²) in [5.41, 5.74) is 2.81. The van der Waals surface area contributed by atoms with Gasteiger partial charge in [0.05, 0.1) is 12.0 Å². The molecule has 0 amide bonds. The Morgan fingerprint density at radius 2 is 2.38 bits per heavy atom. The minimum atomic E-state index is 0.248. The average molecular weight is 133 g/mol. The third kappa shape index (κ3) is 2.03. The Morgan fingerprint density at radius 1 is 1.50 bits per heavy atom. The Labute approximate surface area is 55.0 Å². The van der Waals surface area contributed by atoms with Crippen LogP contribution in [-0.2, 0) is 4.84 Å². The van der Waals surface area contributed by atoms with E-state index in [4.69, 9.17) is 4.84 Å². The summed E-state index contributed by atoms with van der Waals surface area (Å²) in [6.07, 6.45) is 3.49. The molecule has 0 radical (unpaired) electrons. The fourth-order valence-electron chi connectivity index (χ4n) is 0.726. The molecule has 0 aliphatic carbocycles. The van der Waals surface area contributed by atoms with Crippen LogP contribution in [0.15, 0.2) is 0 Å². The minimum absolute atomic E-state index is 0.248. The van der Waals surface area contributed by atoms with E-state index in [-0.39, 0.29) is 5.37 Å². The highest BCUT2D eigenvalue weighted by Crippen LogP contribution is 2.07. The molecule has 1 aliphatic heterocycles. The number of hydroxylamine groups is 1. The normalized spacial score (nSPS) is 31.9. The third-order valence-corrected chi connectivity index (χ3v) is 1.56. The van der Waals surface area contributed by atoms with Gasteiger partial charge in [-0.1, -0.05) is 0 Å². The number of rotatable bonds is 0. The average Bonchev–Trinajstić information content (AvgIpc) is 1.94. The highest BCUT2D eigenvalue weighted by Gasteiger charge is 2.04. The molecular formula is C5H11NOS. The Balaban J connectivity index is 2.17. The van der Waals surface area contributed by atoms with Gasteiger partial charge in [0.2, 0.25) is 0 Å². The first kappa shape index (κ1) is 6.39. The standard InChI is InChI=1S/C5H11NOS/c8-5-3-1-2-4-7-6-5/h5-6,8H,1-4H2. The molecule has 48 valence electrons. The lowest BCUT2D eigenvalue weighted by Crippen LogP contribution is -2.21. The molecule has 3 heteroatoms. The summed E-state index contributed by atoms with van der Waals surface area (Å²) in [5, 5.41) is 0.248. The molecule has 1 unspecified atom stereocenters. The summed E-state index contributed by atoms with van der Waals surface area (Å²) < 4.78 is 0. The van der Waals surface area contributed by atoms with Crippen LogP contribution in [0, 0.1) is 0 Å². The second-order valence-corrected chi connectivity index (χ2v) is 2.60. The Hall–Kier alpha value is 0.270. The van der Waals surface area contributed by atoms with Crippen molar-refractivity contribution in [2.24, 2.45) is 0 Å². The van der Waals surface area contributed by atoms with Gasteiger partial charge in [0.25, 0.3) is 0 Å². The second kappa shape index (κ2) is 3.33. The van der Waals surface area contributed by atoms with Crippen LogP contribution in [-0.4, -0.2) is 12.0 Å². The Bertz CT molecular complexity index is 61.4. The first-order valence-electron chi connectivity index (χ1n) is 2.95. The molecule has 1 fully saturated rings. The first-order chi connectivity index (χ1) is 3.89. The zero-order chi connectivity index (χ0) is 5.82. The number of thiol groups is 1. The predicted octanol–water partition coefficient (Wildman–Crippen LogP) is 0.947. The van der Waals surface area contributed by atoms with Crippen LogP contribution in [0.25, 0.3) is 0 Å². The first-order valence-corrected chi connectivity index (χ1v) is 3.46. The van der Waals surface area contributed by atoms with Gasteiger partial charge in [-0.2, -0.15) is 18.1 Å². The number of hydrogen-bond acceptors (Lipinski definition) is 3. The summed E-state index contributed by atoms with van der Waals surface area (Å²) >= 11 is 4.19. The maximum Gasteiger partial charge on any atom is 0.0745 e. The summed E-state index contributed by atoms with van der Waals surface area (Å²) in [6.45, 7) is 0.830. The zero-order valence-electron chi connectivity index (χ0n) is 4.76. The zero-order valence-corrected chi connectivity index (χ0v) is 5.66. The summed E-state index contributed by atoms with van der Waals surface area (Å²) in [7, 11) is 0. The van der Waals surface area contributed by atoms with Crippen LogP contribution in [0.5, 0.6) is 0 Å². The lowest BCUT2D eigenvalue weighted by atomic mass is 10.2. The fraction of sp³-hybridized carbons (Fsp3) is 1.00. The molecular weight excluding hydrogens is 122 g/mol. The molecule has 1 aliphatic rings. The van der Waals surface area contributed by atoms with Gasteiger partial charge >= 0.3 is 0 Å². The van der Waals surface area contributed by atoms with Crippen molar-refractivity contribution in [3.8, 4) is 0 Å². The van der Waals surface area contributed by atoms with Crippen molar-refractivity contribution in [1.29, 1.82) is 0 Å². The number of nitrogens with one attached hydrogen (secondary N) is 1. The molecule has 0 bridgehead atoms. The molecule has 0 spiro atoms. The maximum atomic E-state index is 4.98. The lowest BCUT2D eigenvalue weighted by Gasteiger charge is -2.05. The Kier molecular flexibility index (Phi) is 2.66. The molecule has 0 aromatic carbocycles. The van der Waals surface area contributed by atoms with Gasteiger partial charge in [0.15, 0.2) is 0 Å². The van der Waals surface area contributed by atoms with Gasteiger partial charge in [-0.25, -0.2) is 0 Å². The van der Waals surface area contributed by atoms with Crippen molar-refractivity contribution in [3.05, 3.63) is 0 Å².